The molecule has 2 heterocycles. The first-order valence-electron chi connectivity index (χ1n) is 7.08. The minimum Gasteiger partial charge on any atom is -0.497 e. The predicted molar refractivity (Wildman–Crippen MR) is 85.8 cm³/mol. The molecule has 1 aliphatic heterocycles. The van der Waals surface area contributed by atoms with Crippen LogP contribution >= 0.6 is 11.8 Å². The number of fused-ring (bicyclic) bond motifs is 1. The molecule has 1 fully saturated rings. The average Bonchev–Trinajstić information content (AvgIpc) is 2.53. The highest BCUT2D eigenvalue weighted by atomic mass is 32.2. The number of rotatable bonds is 4. The van der Waals surface area contributed by atoms with Crippen LogP contribution in [0.3, 0.4) is 0 Å². The lowest BCUT2D eigenvalue weighted by atomic mass is 10.1. The van der Waals surface area contributed by atoms with Gasteiger partial charge in [0.1, 0.15) is 5.75 Å². The fourth-order valence-corrected chi connectivity index (χ4v) is 3.61. The van der Waals surface area contributed by atoms with Crippen molar-refractivity contribution >= 4 is 22.7 Å². The SMILES string of the molecule is COc1ccc2c(CCN3CCSCC3)ccnc2c1. The number of pyridine rings is 1. The molecule has 1 aromatic heterocycles. The van der Waals surface area contributed by atoms with Crippen molar-refractivity contribution in [2.24, 2.45) is 0 Å². The van der Waals surface area contributed by atoms with E-state index in [0.29, 0.717) is 0 Å². The van der Waals surface area contributed by atoms with E-state index in [0.717, 1.165) is 24.2 Å². The van der Waals surface area contributed by atoms with Gasteiger partial charge in [-0.1, -0.05) is 0 Å². The van der Waals surface area contributed by atoms with Gasteiger partial charge >= 0.3 is 0 Å². The first kappa shape index (κ1) is 13.7. The molecule has 0 N–H and O–H groups in total. The Kier molecular flexibility index (Phi) is 4.43. The van der Waals surface area contributed by atoms with Gasteiger partial charge in [0.25, 0.3) is 0 Å². The van der Waals surface area contributed by atoms with Crippen molar-refractivity contribution in [2.45, 2.75) is 6.42 Å². The van der Waals surface area contributed by atoms with E-state index in [4.69, 9.17) is 4.74 Å². The lowest BCUT2D eigenvalue weighted by Gasteiger charge is -2.26. The zero-order valence-corrected chi connectivity index (χ0v) is 12.7. The van der Waals surface area contributed by atoms with Crippen LogP contribution in [-0.2, 0) is 6.42 Å². The number of aromatic nitrogens is 1. The zero-order chi connectivity index (χ0) is 13.8. The highest BCUT2D eigenvalue weighted by Gasteiger charge is 2.11. The normalized spacial score (nSPS) is 16.4. The van der Waals surface area contributed by atoms with Crippen molar-refractivity contribution < 1.29 is 4.74 Å². The smallest absolute Gasteiger partial charge is 0.121 e. The highest BCUT2D eigenvalue weighted by Crippen LogP contribution is 2.22. The predicted octanol–water partition coefficient (Wildman–Crippen LogP) is 2.83. The molecule has 0 spiro atoms. The van der Waals surface area contributed by atoms with E-state index in [1.165, 1.54) is 35.5 Å². The van der Waals surface area contributed by atoms with Gasteiger partial charge in [0, 0.05) is 48.8 Å². The summed E-state index contributed by atoms with van der Waals surface area (Å²) in [4.78, 5) is 7.01. The van der Waals surface area contributed by atoms with Crippen LogP contribution in [0, 0.1) is 0 Å². The van der Waals surface area contributed by atoms with E-state index < -0.39 is 0 Å². The Morgan fingerprint density at radius 3 is 2.90 bits per heavy atom. The van der Waals surface area contributed by atoms with E-state index in [1.54, 1.807) is 7.11 Å². The molecule has 0 radical (unpaired) electrons. The fraction of sp³-hybridized carbons (Fsp3) is 0.438. The van der Waals surface area contributed by atoms with Gasteiger partial charge in [-0.25, -0.2) is 0 Å². The molecule has 0 bridgehead atoms. The number of benzene rings is 1. The molecular weight excluding hydrogens is 268 g/mol. The summed E-state index contributed by atoms with van der Waals surface area (Å²) in [5.41, 5.74) is 2.41. The Labute approximate surface area is 124 Å². The summed E-state index contributed by atoms with van der Waals surface area (Å²) >= 11 is 2.06. The van der Waals surface area contributed by atoms with Crippen LogP contribution in [0.4, 0.5) is 0 Å². The van der Waals surface area contributed by atoms with Crippen LogP contribution in [-0.4, -0.2) is 48.1 Å². The third kappa shape index (κ3) is 3.07. The molecule has 4 heteroatoms. The van der Waals surface area contributed by atoms with Crippen LogP contribution in [0.2, 0.25) is 0 Å². The minimum absolute atomic E-state index is 0.871. The van der Waals surface area contributed by atoms with Crippen LogP contribution in [0.25, 0.3) is 10.9 Å². The van der Waals surface area contributed by atoms with Crippen LogP contribution in [0.15, 0.2) is 30.5 Å². The largest absolute Gasteiger partial charge is 0.497 e. The molecule has 0 amide bonds. The molecule has 1 saturated heterocycles. The maximum absolute atomic E-state index is 5.27. The lowest BCUT2D eigenvalue weighted by molar-refractivity contribution is 0.307. The summed E-state index contributed by atoms with van der Waals surface area (Å²) in [6.45, 7) is 3.59. The molecule has 0 aliphatic carbocycles. The minimum atomic E-state index is 0.871. The standard InChI is InChI=1S/C16H20N2OS/c1-19-14-2-3-15-13(4-6-17-16(15)12-14)5-7-18-8-10-20-11-9-18/h2-4,6,12H,5,7-11H2,1H3. The van der Waals surface area contributed by atoms with Gasteiger partial charge in [0.15, 0.2) is 0 Å². The molecule has 3 rings (SSSR count). The number of thioether (sulfide) groups is 1. The molecule has 1 aliphatic rings. The van der Waals surface area contributed by atoms with Crippen LogP contribution < -0.4 is 4.74 Å². The zero-order valence-electron chi connectivity index (χ0n) is 11.8. The lowest BCUT2D eigenvalue weighted by Crippen LogP contribution is -2.34. The van der Waals surface area contributed by atoms with Crippen molar-refractivity contribution in [3.8, 4) is 5.75 Å². The van der Waals surface area contributed by atoms with Gasteiger partial charge in [-0.2, -0.15) is 11.8 Å². The third-order valence-electron chi connectivity index (χ3n) is 3.84. The molecule has 2 aromatic rings. The Bertz CT molecular complexity index is 582. The number of hydrogen-bond acceptors (Lipinski definition) is 4. The van der Waals surface area contributed by atoms with E-state index in [1.807, 2.05) is 18.3 Å². The average molecular weight is 288 g/mol. The van der Waals surface area contributed by atoms with E-state index in [2.05, 4.69) is 33.8 Å². The molecule has 0 unspecified atom stereocenters. The molecule has 3 nitrogen and oxygen atoms in total. The number of ether oxygens (including phenoxy) is 1. The Balaban J connectivity index is 1.76. The van der Waals surface area contributed by atoms with Gasteiger partial charge in [-0.05, 0) is 30.2 Å². The second kappa shape index (κ2) is 6.46. The Hall–Kier alpha value is -1.26. The topological polar surface area (TPSA) is 25.4 Å². The maximum atomic E-state index is 5.27. The molecule has 0 atom stereocenters. The van der Waals surface area contributed by atoms with Gasteiger partial charge < -0.3 is 9.64 Å². The number of hydrogen-bond donors (Lipinski definition) is 0. The summed E-state index contributed by atoms with van der Waals surface area (Å²) in [7, 11) is 1.69. The van der Waals surface area contributed by atoms with Crippen molar-refractivity contribution in [1.29, 1.82) is 0 Å². The van der Waals surface area contributed by atoms with Crippen LogP contribution in [0.5, 0.6) is 5.75 Å². The fourth-order valence-electron chi connectivity index (χ4n) is 2.64. The molecule has 20 heavy (non-hydrogen) atoms. The molecule has 0 saturated carbocycles. The van der Waals surface area contributed by atoms with E-state index in [9.17, 15) is 0 Å². The molecule has 106 valence electrons. The molecule has 1 aromatic carbocycles. The monoisotopic (exact) mass is 288 g/mol. The first-order valence-corrected chi connectivity index (χ1v) is 8.24. The summed E-state index contributed by atoms with van der Waals surface area (Å²) in [6.07, 6.45) is 3.00. The maximum Gasteiger partial charge on any atom is 0.121 e. The second-order valence-electron chi connectivity index (χ2n) is 5.06. The summed E-state index contributed by atoms with van der Waals surface area (Å²) in [5.74, 6) is 3.41. The Morgan fingerprint density at radius 1 is 1.25 bits per heavy atom. The summed E-state index contributed by atoms with van der Waals surface area (Å²) in [6, 6.07) is 8.30. The van der Waals surface area contributed by atoms with Crippen molar-refractivity contribution in [3.05, 3.63) is 36.0 Å². The van der Waals surface area contributed by atoms with Crippen LogP contribution in [0.1, 0.15) is 5.56 Å². The first-order chi connectivity index (χ1) is 9.86. The quantitative estimate of drug-likeness (QED) is 0.864. The highest BCUT2D eigenvalue weighted by molar-refractivity contribution is 7.99. The Morgan fingerprint density at radius 2 is 2.10 bits per heavy atom. The van der Waals surface area contributed by atoms with Gasteiger partial charge in [0.05, 0.1) is 12.6 Å². The van der Waals surface area contributed by atoms with Gasteiger partial charge in [-0.3, -0.25) is 4.98 Å². The number of methoxy groups -OCH3 is 1. The third-order valence-corrected chi connectivity index (χ3v) is 4.78. The molecular formula is C16H20N2OS. The van der Waals surface area contributed by atoms with Gasteiger partial charge in [0.2, 0.25) is 0 Å². The summed E-state index contributed by atoms with van der Waals surface area (Å²) in [5, 5.41) is 1.25. The van der Waals surface area contributed by atoms with Crippen molar-refractivity contribution in [2.75, 3.05) is 38.2 Å². The van der Waals surface area contributed by atoms with E-state index in [-0.39, 0.29) is 0 Å². The van der Waals surface area contributed by atoms with Crippen molar-refractivity contribution in [1.82, 2.24) is 9.88 Å². The van der Waals surface area contributed by atoms with Gasteiger partial charge in [-0.15, -0.1) is 0 Å². The second-order valence-corrected chi connectivity index (χ2v) is 6.28. The number of nitrogens with zero attached hydrogens (tertiary/aromatic N) is 2. The van der Waals surface area contributed by atoms with Crippen molar-refractivity contribution in [3.63, 3.8) is 0 Å². The van der Waals surface area contributed by atoms with E-state index >= 15 is 0 Å². The summed E-state index contributed by atoms with van der Waals surface area (Å²) < 4.78 is 5.27.